The van der Waals surface area contributed by atoms with Gasteiger partial charge < -0.3 is 19.2 Å². The van der Waals surface area contributed by atoms with Crippen LogP contribution in [0.3, 0.4) is 0 Å². The van der Waals surface area contributed by atoms with Crippen LogP contribution in [-0.2, 0) is 22.7 Å². The van der Waals surface area contributed by atoms with E-state index < -0.39 is 17.7 Å². The third-order valence-corrected chi connectivity index (χ3v) is 6.46. The summed E-state index contributed by atoms with van der Waals surface area (Å²) in [6.07, 6.45) is 1.50. The second kappa shape index (κ2) is 10.4. The minimum absolute atomic E-state index is 0.00717. The first-order valence-electron chi connectivity index (χ1n) is 11.8. The van der Waals surface area contributed by atoms with Crippen LogP contribution in [0.2, 0.25) is 5.02 Å². The zero-order valence-corrected chi connectivity index (χ0v) is 20.8. The smallest absolute Gasteiger partial charge is 0.296 e. The number of furan rings is 1. The number of hydrogen-bond donors (Lipinski definition) is 1. The first-order chi connectivity index (χ1) is 17.9. The van der Waals surface area contributed by atoms with Gasteiger partial charge in [-0.15, -0.1) is 0 Å². The molecule has 5 rings (SSSR count). The lowest BCUT2D eigenvalue weighted by atomic mass is 9.95. The summed E-state index contributed by atoms with van der Waals surface area (Å²) >= 11 is 6.23. The molecule has 7 heteroatoms. The molecule has 1 unspecified atom stereocenters. The molecule has 0 radical (unpaired) electrons. The van der Waals surface area contributed by atoms with Crippen LogP contribution in [0.4, 0.5) is 0 Å². The standard InChI is InChI=1S/C30H24ClNO5/c1-19-5-2-6-20(15-19)18-37-24-12-10-21(11-13-24)28(33)26-27(22-7-3-8-23(31)16-22)32(30(35)29(26)34)17-25-9-4-14-36-25/h2-16,27,33H,17-18H2,1H3. The van der Waals surface area contributed by atoms with Crippen molar-refractivity contribution >= 4 is 29.1 Å². The van der Waals surface area contributed by atoms with Crippen molar-refractivity contribution in [1.82, 2.24) is 4.90 Å². The fourth-order valence-corrected chi connectivity index (χ4v) is 4.67. The monoisotopic (exact) mass is 513 g/mol. The van der Waals surface area contributed by atoms with Crippen LogP contribution in [-0.4, -0.2) is 21.7 Å². The Morgan fingerprint density at radius 1 is 1.00 bits per heavy atom. The van der Waals surface area contributed by atoms with Gasteiger partial charge in [0.15, 0.2) is 0 Å². The molecule has 4 aromatic rings. The molecule has 6 nitrogen and oxygen atoms in total. The number of amides is 1. The van der Waals surface area contributed by atoms with Crippen LogP contribution in [0.5, 0.6) is 5.75 Å². The van der Waals surface area contributed by atoms with Crippen LogP contribution in [0.1, 0.15) is 34.1 Å². The van der Waals surface area contributed by atoms with Crippen molar-refractivity contribution in [2.45, 2.75) is 26.1 Å². The van der Waals surface area contributed by atoms with E-state index in [-0.39, 0.29) is 17.9 Å². The molecule has 37 heavy (non-hydrogen) atoms. The van der Waals surface area contributed by atoms with E-state index in [2.05, 4.69) is 6.07 Å². The molecule has 0 spiro atoms. The Hall–Kier alpha value is -4.29. The van der Waals surface area contributed by atoms with Crippen LogP contribution in [0.25, 0.3) is 5.76 Å². The number of rotatable bonds is 7. The predicted octanol–water partition coefficient (Wildman–Crippen LogP) is 6.44. The zero-order valence-electron chi connectivity index (χ0n) is 20.1. The lowest BCUT2D eigenvalue weighted by Crippen LogP contribution is -2.29. The van der Waals surface area contributed by atoms with Crippen molar-refractivity contribution < 1.29 is 23.8 Å². The second-order valence-electron chi connectivity index (χ2n) is 8.86. The Balaban J connectivity index is 1.47. The van der Waals surface area contributed by atoms with Gasteiger partial charge in [0.1, 0.15) is 23.9 Å². The molecule has 1 aliphatic rings. The molecule has 3 aromatic carbocycles. The summed E-state index contributed by atoms with van der Waals surface area (Å²) in [4.78, 5) is 27.7. The third kappa shape index (κ3) is 5.15. The molecular formula is C30H24ClNO5. The number of benzene rings is 3. The zero-order chi connectivity index (χ0) is 25.9. The number of aliphatic hydroxyl groups is 1. The summed E-state index contributed by atoms with van der Waals surface area (Å²) in [5, 5.41) is 11.7. The normalized spacial score (nSPS) is 16.8. The lowest BCUT2D eigenvalue weighted by molar-refractivity contribution is -0.140. The highest BCUT2D eigenvalue weighted by atomic mass is 35.5. The molecular weight excluding hydrogens is 490 g/mol. The van der Waals surface area contributed by atoms with E-state index in [4.69, 9.17) is 20.8 Å². The van der Waals surface area contributed by atoms with Gasteiger partial charge in [0.25, 0.3) is 11.7 Å². The van der Waals surface area contributed by atoms with Crippen LogP contribution in [0, 0.1) is 6.92 Å². The molecule has 1 amide bonds. The quantitative estimate of drug-likeness (QED) is 0.175. The van der Waals surface area contributed by atoms with Crippen molar-refractivity contribution in [3.8, 4) is 5.75 Å². The topological polar surface area (TPSA) is 80.0 Å². The summed E-state index contributed by atoms with van der Waals surface area (Å²) < 4.78 is 11.3. The van der Waals surface area contributed by atoms with Gasteiger partial charge in [-0.05, 0) is 66.6 Å². The van der Waals surface area contributed by atoms with Gasteiger partial charge in [-0.1, -0.05) is 53.6 Å². The molecule has 186 valence electrons. The Labute approximate surface area is 219 Å². The number of aliphatic hydroxyl groups excluding tert-OH is 1. The fourth-order valence-electron chi connectivity index (χ4n) is 4.47. The molecule has 1 aromatic heterocycles. The Morgan fingerprint density at radius 2 is 1.78 bits per heavy atom. The van der Waals surface area contributed by atoms with Crippen LogP contribution < -0.4 is 4.74 Å². The van der Waals surface area contributed by atoms with E-state index in [1.54, 1.807) is 60.7 Å². The van der Waals surface area contributed by atoms with E-state index >= 15 is 0 Å². The number of likely N-dealkylation sites (tertiary alicyclic amines) is 1. The maximum Gasteiger partial charge on any atom is 0.296 e. The number of aryl methyl sites for hydroxylation is 1. The van der Waals surface area contributed by atoms with Crippen LogP contribution in [0.15, 0.2) is 101 Å². The Morgan fingerprint density at radius 3 is 2.49 bits per heavy atom. The minimum Gasteiger partial charge on any atom is -0.507 e. The molecule has 1 fully saturated rings. The molecule has 1 atom stereocenters. The fraction of sp³-hybridized carbons (Fsp3) is 0.133. The largest absolute Gasteiger partial charge is 0.507 e. The highest BCUT2D eigenvalue weighted by molar-refractivity contribution is 6.46. The summed E-state index contributed by atoms with van der Waals surface area (Å²) in [5.41, 5.74) is 3.19. The molecule has 0 saturated carbocycles. The number of carbonyl (C=O) groups excluding carboxylic acids is 2. The highest BCUT2D eigenvalue weighted by Crippen LogP contribution is 2.41. The van der Waals surface area contributed by atoms with Gasteiger partial charge in [-0.25, -0.2) is 0 Å². The van der Waals surface area contributed by atoms with Gasteiger partial charge in [0.05, 0.1) is 24.4 Å². The van der Waals surface area contributed by atoms with Gasteiger partial charge in [-0.3, -0.25) is 9.59 Å². The maximum atomic E-state index is 13.2. The lowest BCUT2D eigenvalue weighted by Gasteiger charge is -2.24. The van der Waals surface area contributed by atoms with Crippen LogP contribution >= 0.6 is 11.6 Å². The van der Waals surface area contributed by atoms with Crippen molar-refractivity contribution in [2.75, 3.05) is 0 Å². The Kier molecular flexibility index (Phi) is 6.84. The molecule has 1 saturated heterocycles. The van der Waals surface area contributed by atoms with Crippen molar-refractivity contribution in [3.05, 3.63) is 130 Å². The van der Waals surface area contributed by atoms with Gasteiger partial charge in [0.2, 0.25) is 0 Å². The summed E-state index contributed by atoms with van der Waals surface area (Å²) in [5.74, 6) is -0.628. The summed E-state index contributed by atoms with van der Waals surface area (Å²) in [7, 11) is 0. The third-order valence-electron chi connectivity index (χ3n) is 6.23. The van der Waals surface area contributed by atoms with E-state index in [1.807, 2.05) is 25.1 Å². The highest BCUT2D eigenvalue weighted by Gasteiger charge is 2.46. The molecule has 1 aliphatic heterocycles. The van der Waals surface area contributed by atoms with E-state index in [1.165, 1.54) is 11.2 Å². The van der Waals surface area contributed by atoms with Crippen molar-refractivity contribution in [3.63, 3.8) is 0 Å². The maximum absolute atomic E-state index is 13.2. The Bertz CT molecular complexity index is 1470. The first kappa shape index (κ1) is 24.4. The molecule has 0 aliphatic carbocycles. The SMILES string of the molecule is Cc1cccc(COc2ccc(C(O)=C3C(=O)C(=O)N(Cc4ccco4)C3c3cccc(Cl)c3)cc2)c1. The second-order valence-corrected chi connectivity index (χ2v) is 9.30. The molecule has 0 bridgehead atoms. The average Bonchev–Trinajstić information content (AvgIpc) is 3.50. The first-order valence-corrected chi connectivity index (χ1v) is 12.1. The van der Waals surface area contributed by atoms with Gasteiger partial charge in [-0.2, -0.15) is 0 Å². The van der Waals surface area contributed by atoms with E-state index in [0.717, 1.165) is 11.1 Å². The number of Topliss-reactive ketones (excluding diaryl/α,β-unsaturated/α-hetero) is 1. The number of hydrogen-bond acceptors (Lipinski definition) is 5. The summed E-state index contributed by atoms with van der Waals surface area (Å²) in [6.45, 7) is 2.49. The van der Waals surface area contributed by atoms with Crippen molar-refractivity contribution in [2.24, 2.45) is 0 Å². The number of ether oxygens (including phenoxy) is 1. The van der Waals surface area contributed by atoms with Gasteiger partial charge >= 0.3 is 0 Å². The number of halogens is 1. The number of carbonyl (C=O) groups is 2. The van der Waals surface area contributed by atoms with Crippen molar-refractivity contribution in [1.29, 1.82) is 0 Å². The van der Waals surface area contributed by atoms with E-state index in [9.17, 15) is 14.7 Å². The summed E-state index contributed by atoms with van der Waals surface area (Å²) in [6, 6.07) is 24.3. The minimum atomic E-state index is -0.832. The average molecular weight is 514 g/mol. The predicted molar refractivity (Wildman–Crippen MR) is 140 cm³/mol. The molecule has 1 N–H and O–H groups in total. The number of nitrogens with zero attached hydrogens (tertiary/aromatic N) is 1. The van der Waals surface area contributed by atoms with Gasteiger partial charge in [0, 0.05) is 10.6 Å². The molecule has 2 heterocycles. The number of ketones is 1. The van der Waals surface area contributed by atoms with E-state index in [0.29, 0.717) is 34.3 Å².